The molecule has 15 heavy (non-hydrogen) atoms. The van der Waals surface area contributed by atoms with E-state index in [1.165, 1.54) is 37.1 Å². The first-order valence-electron chi connectivity index (χ1n) is 4.48. The van der Waals surface area contributed by atoms with Crippen LogP contribution in [0.5, 0.6) is 0 Å². The van der Waals surface area contributed by atoms with Crippen LogP contribution < -0.4 is 4.90 Å². The Labute approximate surface area is 87.5 Å². The number of anilines is 1. The average molecular weight is 209 g/mol. The fraction of sp³-hybridized carbons (Fsp3) is 0.273. The van der Waals surface area contributed by atoms with Crippen LogP contribution in [-0.2, 0) is 9.59 Å². The van der Waals surface area contributed by atoms with Gasteiger partial charge in [0.2, 0.25) is 5.78 Å². The van der Waals surface area contributed by atoms with E-state index in [1.54, 1.807) is 6.92 Å². The normalized spacial score (nSPS) is 9.87. The van der Waals surface area contributed by atoms with Gasteiger partial charge in [-0.05, 0) is 30.7 Å². The lowest BCUT2D eigenvalue weighted by atomic mass is 10.2. The fourth-order valence-corrected chi connectivity index (χ4v) is 1.19. The van der Waals surface area contributed by atoms with E-state index in [-0.39, 0.29) is 5.82 Å². The summed E-state index contributed by atoms with van der Waals surface area (Å²) in [7, 11) is 1.48. The summed E-state index contributed by atoms with van der Waals surface area (Å²) in [6, 6.07) is 4.26. The molecule has 0 aliphatic carbocycles. The Morgan fingerprint density at radius 3 is 2.40 bits per heavy atom. The van der Waals surface area contributed by atoms with E-state index in [1.807, 2.05) is 0 Å². The molecule has 0 spiro atoms. The molecule has 3 nitrogen and oxygen atoms in total. The Bertz CT molecular complexity index is 415. The molecular formula is C11H12FNO2. The van der Waals surface area contributed by atoms with Gasteiger partial charge in [0, 0.05) is 19.7 Å². The number of aryl methyl sites for hydroxylation is 1. The molecule has 1 aromatic rings. The number of hydrogen-bond donors (Lipinski definition) is 0. The lowest BCUT2D eigenvalue weighted by molar-refractivity contribution is -0.134. The number of carbonyl (C=O) groups excluding carboxylic acids is 2. The first kappa shape index (κ1) is 11.4. The van der Waals surface area contributed by atoms with Crippen molar-refractivity contribution in [3.63, 3.8) is 0 Å². The summed E-state index contributed by atoms with van der Waals surface area (Å²) >= 11 is 0. The number of nitrogens with zero attached hydrogens (tertiary/aromatic N) is 1. The summed E-state index contributed by atoms with van der Waals surface area (Å²) in [6.45, 7) is 2.81. The molecule has 1 amide bonds. The number of benzene rings is 1. The first-order valence-corrected chi connectivity index (χ1v) is 4.48. The highest BCUT2D eigenvalue weighted by atomic mass is 19.1. The molecule has 0 bridgehead atoms. The summed E-state index contributed by atoms with van der Waals surface area (Å²) < 4.78 is 13.0. The third-order valence-electron chi connectivity index (χ3n) is 2.13. The van der Waals surface area contributed by atoms with Gasteiger partial charge in [-0.25, -0.2) is 4.39 Å². The molecule has 0 aromatic heterocycles. The van der Waals surface area contributed by atoms with Gasteiger partial charge in [0.05, 0.1) is 0 Å². The standard InChI is InChI=1S/C11H12FNO2/c1-7-6-9(4-5-10(7)12)13(3)11(15)8(2)14/h4-6H,1-3H3. The second kappa shape index (κ2) is 4.21. The highest BCUT2D eigenvalue weighted by molar-refractivity contribution is 6.40. The summed E-state index contributed by atoms with van der Waals surface area (Å²) in [5, 5.41) is 0. The number of amides is 1. The van der Waals surface area contributed by atoms with Crippen molar-refractivity contribution in [2.45, 2.75) is 13.8 Å². The molecule has 0 heterocycles. The van der Waals surface area contributed by atoms with E-state index in [2.05, 4.69) is 0 Å². The maximum atomic E-state index is 13.0. The van der Waals surface area contributed by atoms with Gasteiger partial charge < -0.3 is 4.90 Å². The molecule has 0 N–H and O–H groups in total. The Balaban J connectivity index is 3.02. The molecule has 0 atom stereocenters. The lowest BCUT2D eigenvalue weighted by Crippen LogP contribution is -2.31. The topological polar surface area (TPSA) is 37.4 Å². The minimum atomic E-state index is -0.610. The second-order valence-electron chi connectivity index (χ2n) is 3.35. The van der Waals surface area contributed by atoms with E-state index in [9.17, 15) is 14.0 Å². The van der Waals surface area contributed by atoms with Crippen molar-refractivity contribution in [3.05, 3.63) is 29.6 Å². The Kier molecular flexibility index (Phi) is 3.19. The molecule has 1 aromatic carbocycles. The fourth-order valence-electron chi connectivity index (χ4n) is 1.19. The van der Waals surface area contributed by atoms with Gasteiger partial charge in [0.25, 0.3) is 5.91 Å². The number of ketones is 1. The van der Waals surface area contributed by atoms with Gasteiger partial charge in [-0.15, -0.1) is 0 Å². The Morgan fingerprint density at radius 1 is 1.33 bits per heavy atom. The van der Waals surface area contributed by atoms with Crippen LogP contribution in [0.25, 0.3) is 0 Å². The van der Waals surface area contributed by atoms with Gasteiger partial charge >= 0.3 is 0 Å². The van der Waals surface area contributed by atoms with E-state index in [0.717, 1.165) is 0 Å². The van der Waals surface area contributed by atoms with Crippen LogP contribution in [0.1, 0.15) is 12.5 Å². The van der Waals surface area contributed by atoms with Crippen LogP contribution >= 0.6 is 0 Å². The maximum Gasteiger partial charge on any atom is 0.293 e. The summed E-state index contributed by atoms with van der Waals surface area (Å²) in [4.78, 5) is 23.4. The maximum absolute atomic E-state index is 13.0. The SMILES string of the molecule is CC(=O)C(=O)N(C)c1ccc(F)c(C)c1. The average Bonchev–Trinajstić information content (AvgIpc) is 2.19. The van der Waals surface area contributed by atoms with Crippen molar-refractivity contribution in [1.29, 1.82) is 0 Å². The van der Waals surface area contributed by atoms with Crippen LogP contribution in [0.15, 0.2) is 18.2 Å². The predicted octanol–water partition coefficient (Wildman–Crippen LogP) is 1.69. The molecular weight excluding hydrogens is 197 g/mol. The third-order valence-corrected chi connectivity index (χ3v) is 2.13. The molecule has 4 heteroatoms. The van der Waals surface area contributed by atoms with Gasteiger partial charge in [-0.3, -0.25) is 9.59 Å². The molecule has 0 aliphatic rings. The van der Waals surface area contributed by atoms with Crippen LogP contribution in [-0.4, -0.2) is 18.7 Å². The van der Waals surface area contributed by atoms with E-state index < -0.39 is 11.7 Å². The zero-order valence-electron chi connectivity index (χ0n) is 8.87. The van der Waals surface area contributed by atoms with Crippen molar-refractivity contribution in [3.8, 4) is 0 Å². The van der Waals surface area contributed by atoms with E-state index in [4.69, 9.17) is 0 Å². The van der Waals surface area contributed by atoms with E-state index in [0.29, 0.717) is 11.3 Å². The number of hydrogen-bond acceptors (Lipinski definition) is 2. The van der Waals surface area contributed by atoms with Crippen molar-refractivity contribution in [2.75, 3.05) is 11.9 Å². The molecule has 1 rings (SSSR count). The van der Waals surface area contributed by atoms with Crippen LogP contribution in [0.4, 0.5) is 10.1 Å². The zero-order valence-corrected chi connectivity index (χ0v) is 8.87. The van der Waals surface area contributed by atoms with Crippen LogP contribution in [0.3, 0.4) is 0 Å². The van der Waals surface area contributed by atoms with Gasteiger partial charge in [0.15, 0.2) is 0 Å². The van der Waals surface area contributed by atoms with Gasteiger partial charge in [-0.2, -0.15) is 0 Å². The van der Waals surface area contributed by atoms with Crippen molar-refractivity contribution >= 4 is 17.4 Å². The molecule has 0 radical (unpaired) electrons. The first-order chi connectivity index (χ1) is 6.93. The van der Waals surface area contributed by atoms with E-state index >= 15 is 0 Å². The molecule has 0 aliphatic heterocycles. The minimum Gasteiger partial charge on any atom is -0.309 e. The van der Waals surface area contributed by atoms with Crippen molar-refractivity contribution < 1.29 is 14.0 Å². The monoisotopic (exact) mass is 209 g/mol. The highest BCUT2D eigenvalue weighted by Gasteiger charge is 2.15. The number of Topliss-reactive ketones (excluding diaryl/α,β-unsaturated/α-hetero) is 1. The van der Waals surface area contributed by atoms with Crippen molar-refractivity contribution in [1.82, 2.24) is 0 Å². The quantitative estimate of drug-likeness (QED) is 0.695. The summed E-state index contributed by atoms with van der Waals surface area (Å²) in [5.41, 5.74) is 0.949. The molecule has 80 valence electrons. The number of likely N-dealkylation sites (N-methyl/N-ethyl adjacent to an activating group) is 1. The number of carbonyl (C=O) groups is 2. The smallest absolute Gasteiger partial charge is 0.293 e. The molecule has 0 unspecified atom stereocenters. The predicted molar refractivity (Wildman–Crippen MR) is 55.2 cm³/mol. The molecule has 0 fully saturated rings. The van der Waals surface area contributed by atoms with Crippen LogP contribution in [0, 0.1) is 12.7 Å². The highest BCUT2D eigenvalue weighted by Crippen LogP contribution is 2.17. The lowest BCUT2D eigenvalue weighted by Gasteiger charge is -2.16. The summed E-state index contributed by atoms with van der Waals surface area (Å²) in [6.07, 6.45) is 0. The van der Waals surface area contributed by atoms with Gasteiger partial charge in [0.1, 0.15) is 5.82 Å². The van der Waals surface area contributed by atoms with Gasteiger partial charge in [-0.1, -0.05) is 0 Å². The summed E-state index contributed by atoms with van der Waals surface area (Å²) in [5.74, 6) is -1.48. The Morgan fingerprint density at radius 2 is 1.93 bits per heavy atom. The minimum absolute atomic E-state index is 0.331. The van der Waals surface area contributed by atoms with Crippen molar-refractivity contribution in [2.24, 2.45) is 0 Å². The largest absolute Gasteiger partial charge is 0.309 e. The second-order valence-corrected chi connectivity index (χ2v) is 3.35. The Hall–Kier alpha value is -1.71. The third kappa shape index (κ3) is 2.40. The number of halogens is 1. The number of rotatable bonds is 2. The molecule has 0 saturated carbocycles. The molecule has 0 saturated heterocycles. The van der Waals surface area contributed by atoms with Crippen LogP contribution in [0.2, 0.25) is 0 Å². The zero-order chi connectivity index (χ0) is 11.6.